The van der Waals surface area contributed by atoms with Crippen LogP contribution in [0.1, 0.15) is 26.7 Å². The molecule has 0 spiro atoms. The first-order valence-electron chi connectivity index (χ1n) is 4.80. The van der Waals surface area contributed by atoms with Gasteiger partial charge in [0.25, 0.3) is 0 Å². The summed E-state index contributed by atoms with van der Waals surface area (Å²) >= 11 is 0. The lowest BCUT2D eigenvalue weighted by Crippen LogP contribution is -2.20. The van der Waals surface area contributed by atoms with Crippen LogP contribution in [0, 0.1) is 0 Å². The highest BCUT2D eigenvalue weighted by molar-refractivity contribution is 7.54. The molecule has 0 aliphatic carbocycles. The lowest BCUT2D eigenvalue weighted by molar-refractivity contribution is 0.00954. The molecule has 0 aromatic rings. The summed E-state index contributed by atoms with van der Waals surface area (Å²) in [6.07, 6.45) is -0.0887. The summed E-state index contributed by atoms with van der Waals surface area (Å²) in [5.41, 5.74) is -3.74. The van der Waals surface area contributed by atoms with Crippen LogP contribution < -0.4 is 0 Å². The Labute approximate surface area is 88.1 Å². The molecule has 0 radical (unpaired) electrons. The van der Waals surface area contributed by atoms with Crippen molar-refractivity contribution in [2.75, 3.05) is 19.8 Å². The summed E-state index contributed by atoms with van der Waals surface area (Å²) < 4.78 is 46.2. The lowest BCUT2D eigenvalue weighted by atomic mass is 10.4. The molecule has 1 unspecified atom stereocenters. The van der Waals surface area contributed by atoms with E-state index in [2.05, 4.69) is 4.52 Å². The molecule has 0 aliphatic rings. The predicted molar refractivity (Wildman–Crippen MR) is 52.1 cm³/mol. The second-order valence-electron chi connectivity index (χ2n) is 2.97. The van der Waals surface area contributed by atoms with Crippen LogP contribution in [0.5, 0.6) is 0 Å². The molecule has 0 amide bonds. The lowest BCUT2D eigenvalue weighted by Gasteiger charge is -2.21. The summed E-state index contributed by atoms with van der Waals surface area (Å²) in [6, 6.07) is 0. The van der Waals surface area contributed by atoms with Gasteiger partial charge in [-0.25, -0.2) is 0 Å². The molecule has 0 saturated heterocycles. The van der Waals surface area contributed by atoms with Gasteiger partial charge in [0, 0.05) is 13.0 Å². The summed E-state index contributed by atoms with van der Waals surface area (Å²) in [5, 5.41) is 0. The van der Waals surface area contributed by atoms with Gasteiger partial charge >= 0.3 is 13.3 Å². The van der Waals surface area contributed by atoms with E-state index in [1.165, 1.54) is 6.92 Å². The minimum Gasteiger partial charge on any atom is -0.381 e. The average Bonchev–Trinajstić information content (AvgIpc) is 2.12. The van der Waals surface area contributed by atoms with Crippen molar-refractivity contribution in [2.45, 2.75) is 32.4 Å². The van der Waals surface area contributed by atoms with E-state index in [-0.39, 0.29) is 13.2 Å². The van der Waals surface area contributed by atoms with Crippen LogP contribution in [0.4, 0.5) is 8.78 Å². The first-order valence-corrected chi connectivity index (χ1v) is 6.38. The third kappa shape index (κ3) is 5.02. The summed E-state index contributed by atoms with van der Waals surface area (Å²) in [5.74, 6) is 0. The van der Waals surface area contributed by atoms with Gasteiger partial charge in [-0.05, 0) is 13.3 Å². The highest BCUT2D eigenvalue weighted by atomic mass is 31.2. The molecule has 0 heterocycles. The van der Waals surface area contributed by atoms with Crippen molar-refractivity contribution in [3.63, 3.8) is 0 Å². The van der Waals surface area contributed by atoms with Gasteiger partial charge in [0.15, 0.2) is 0 Å². The molecule has 4 nitrogen and oxygen atoms in total. The number of rotatable bonds is 8. The second-order valence-corrected chi connectivity index (χ2v) is 4.92. The minimum absolute atomic E-state index is 0.223. The SMILES string of the molecule is CCCOCCC(F)(F)P(=O)(O)OCC. The van der Waals surface area contributed by atoms with Crippen LogP contribution in [0.3, 0.4) is 0 Å². The maximum Gasteiger partial charge on any atom is 0.397 e. The zero-order chi connectivity index (χ0) is 11.9. The predicted octanol–water partition coefficient (Wildman–Crippen LogP) is 2.62. The van der Waals surface area contributed by atoms with Crippen molar-refractivity contribution < 1.29 is 27.5 Å². The number of hydrogen-bond acceptors (Lipinski definition) is 3. The van der Waals surface area contributed by atoms with Gasteiger partial charge in [-0.1, -0.05) is 6.92 Å². The standard InChI is InChI=1S/C8H17F2O4P/c1-3-6-13-7-5-8(9,10)15(11,12)14-4-2/h3-7H2,1-2H3,(H,11,12). The Morgan fingerprint density at radius 1 is 1.33 bits per heavy atom. The van der Waals surface area contributed by atoms with Crippen LogP contribution in [-0.4, -0.2) is 30.4 Å². The zero-order valence-electron chi connectivity index (χ0n) is 8.91. The first kappa shape index (κ1) is 15.0. The monoisotopic (exact) mass is 246 g/mol. The molecule has 92 valence electrons. The summed E-state index contributed by atoms with van der Waals surface area (Å²) in [7, 11) is -4.86. The van der Waals surface area contributed by atoms with Crippen molar-refractivity contribution in [1.82, 2.24) is 0 Å². The molecule has 0 rings (SSSR count). The maximum atomic E-state index is 13.1. The number of ether oxygens (including phenoxy) is 1. The number of hydrogen-bond donors (Lipinski definition) is 1. The molecular weight excluding hydrogens is 229 g/mol. The van der Waals surface area contributed by atoms with Crippen molar-refractivity contribution in [2.24, 2.45) is 0 Å². The molecular formula is C8H17F2O4P. The Kier molecular flexibility index (Phi) is 6.52. The third-order valence-electron chi connectivity index (χ3n) is 1.61. The Bertz CT molecular complexity index is 223. The van der Waals surface area contributed by atoms with Crippen LogP contribution in [-0.2, 0) is 13.8 Å². The third-order valence-corrected chi connectivity index (χ3v) is 3.27. The van der Waals surface area contributed by atoms with E-state index in [1.54, 1.807) is 0 Å². The van der Waals surface area contributed by atoms with E-state index in [9.17, 15) is 13.3 Å². The van der Waals surface area contributed by atoms with Gasteiger partial charge in [0.2, 0.25) is 0 Å². The molecule has 0 fully saturated rings. The Balaban J connectivity index is 4.10. The highest BCUT2D eigenvalue weighted by Crippen LogP contribution is 2.58. The van der Waals surface area contributed by atoms with Gasteiger partial charge in [0.1, 0.15) is 0 Å². The number of alkyl halides is 2. The van der Waals surface area contributed by atoms with E-state index in [1.807, 2.05) is 6.92 Å². The fraction of sp³-hybridized carbons (Fsp3) is 1.00. The highest BCUT2D eigenvalue weighted by Gasteiger charge is 2.50. The van der Waals surface area contributed by atoms with Crippen molar-refractivity contribution in [3.05, 3.63) is 0 Å². The summed E-state index contributed by atoms with van der Waals surface area (Å²) in [4.78, 5) is 8.93. The zero-order valence-corrected chi connectivity index (χ0v) is 9.81. The molecule has 0 saturated carbocycles. The Hall–Kier alpha value is -0.0300. The molecule has 0 aliphatic heterocycles. The molecule has 0 aromatic carbocycles. The average molecular weight is 246 g/mol. The quantitative estimate of drug-likeness (QED) is 0.528. The van der Waals surface area contributed by atoms with E-state index >= 15 is 0 Å². The Morgan fingerprint density at radius 2 is 1.93 bits per heavy atom. The molecule has 15 heavy (non-hydrogen) atoms. The van der Waals surface area contributed by atoms with Crippen LogP contribution >= 0.6 is 7.60 Å². The molecule has 0 aromatic heterocycles. The molecule has 1 N–H and O–H groups in total. The smallest absolute Gasteiger partial charge is 0.381 e. The van der Waals surface area contributed by atoms with E-state index in [4.69, 9.17) is 9.63 Å². The van der Waals surface area contributed by atoms with Crippen molar-refractivity contribution in [1.29, 1.82) is 0 Å². The topological polar surface area (TPSA) is 55.8 Å². The van der Waals surface area contributed by atoms with Gasteiger partial charge in [-0.15, -0.1) is 0 Å². The van der Waals surface area contributed by atoms with Crippen molar-refractivity contribution >= 4 is 7.60 Å². The summed E-state index contributed by atoms with van der Waals surface area (Å²) in [6.45, 7) is 3.11. The molecule has 7 heteroatoms. The van der Waals surface area contributed by atoms with Crippen LogP contribution in [0.25, 0.3) is 0 Å². The van der Waals surface area contributed by atoms with E-state index in [0.717, 1.165) is 0 Å². The van der Waals surface area contributed by atoms with Gasteiger partial charge in [0.05, 0.1) is 13.2 Å². The van der Waals surface area contributed by atoms with Crippen LogP contribution in [0.2, 0.25) is 0 Å². The normalized spacial score (nSPS) is 16.3. The maximum absolute atomic E-state index is 13.1. The second kappa shape index (κ2) is 6.53. The fourth-order valence-corrected chi connectivity index (χ4v) is 1.76. The van der Waals surface area contributed by atoms with Gasteiger partial charge < -0.3 is 14.2 Å². The number of halogens is 2. The largest absolute Gasteiger partial charge is 0.397 e. The Morgan fingerprint density at radius 3 is 2.40 bits per heavy atom. The molecule has 1 atom stereocenters. The van der Waals surface area contributed by atoms with Crippen molar-refractivity contribution in [3.8, 4) is 0 Å². The fourth-order valence-electron chi connectivity index (χ4n) is 0.852. The van der Waals surface area contributed by atoms with E-state index < -0.39 is 19.7 Å². The van der Waals surface area contributed by atoms with Gasteiger partial charge in [-0.2, -0.15) is 8.78 Å². The van der Waals surface area contributed by atoms with Gasteiger partial charge in [-0.3, -0.25) is 4.57 Å². The van der Waals surface area contributed by atoms with E-state index in [0.29, 0.717) is 13.0 Å². The first-order chi connectivity index (χ1) is 6.87. The minimum atomic E-state index is -4.86. The van der Waals surface area contributed by atoms with Crippen LogP contribution in [0.15, 0.2) is 0 Å². The molecule has 0 bridgehead atoms.